The minimum Gasteiger partial charge on any atom is -0.508 e. The summed E-state index contributed by atoms with van der Waals surface area (Å²) in [6.07, 6.45) is 0. The van der Waals surface area contributed by atoms with Crippen molar-refractivity contribution in [1.29, 1.82) is 0 Å². The summed E-state index contributed by atoms with van der Waals surface area (Å²) in [5.41, 5.74) is 10.6. The highest BCUT2D eigenvalue weighted by atomic mass is 16.3. The first-order chi connectivity index (χ1) is 10.1. The summed E-state index contributed by atoms with van der Waals surface area (Å²) < 4.78 is 0. The number of aromatic hydroxyl groups is 2. The maximum Gasteiger partial charge on any atom is 0.115 e. The average Bonchev–Trinajstić information content (AvgIpc) is 2.49. The van der Waals surface area contributed by atoms with E-state index in [4.69, 9.17) is 5.73 Å². The lowest BCUT2D eigenvalue weighted by atomic mass is 9.93. The van der Waals surface area contributed by atoms with E-state index in [0.29, 0.717) is 5.69 Å². The Hall–Kier alpha value is -2.94. The van der Waals surface area contributed by atoms with E-state index < -0.39 is 0 Å². The second kappa shape index (κ2) is 5.21. The van der Waals surface area contributed by atoms with Gasteiger partial charge in [-0.2, -0.15) is 0 Å². The fourth-order valence-electron chi connectivity index (χ4n) is 2.40. The van der Waals surface area contributed by atoms with Crippen molar-refractivity contribution in [2.45, 2.75) is 0 Å². The Kier molecular flexibility index (Phi) is 3.24. The number of rotatable bonds is 2. The van der Waals surface area contributed by atoms with Crippen LogP contribution in [-0.2, 0) is 0 Å². The third-order valence-electron chi connectivity index (χ3n) is 3.43. The Morgan fingerprint density at radius 3 is 1.71 bits per heavy atom. The van der Waals surface area contributed by atoms with Crippen LogP contribution in [0, 0.1) is 0 Å². The fourth-order valence-corrected chi connectivity index (χ4v) is 2.40. The number of anilines is 1. The third-order valence-corrected chi connectivity index (χ3v) is 3.43. The second-order valence-electron chi connectivity index (χ2n) is 4.86. The van der Waals surface area contributed by atoms with E-state index in [2.05, 4.69) is 0 Å². The van der Waals surface area contributed by atoms with Gasteiger partial charge in [0.05, 0.1) is 0 Å². The molecule has 3 nitrogen and oxygen atoms in total. The van der Waals surface area contributed by atoms with Gasteiger partial charge in [-0.15, -0.1) is 0 Å². The lowest BCUT2D eigenvalue weighted by Crippen LogP contribution is -1.93. The van der Waals surface area contributed by atoms with Crippen LogP contribution in [0.5, 0.6) is 11.5 Å². The van der Waals surface area contributed by atoms with Crippen LogP contribution in [0.15, 0.2) is 66.7 Å². The van der Waals surface area contributed by atoms with Gasteiger partial charge in [-0.3, -0.25) is 0 Å². The molecule has 0 saturated heterocycles. The number of phenols is 2. The molecule has 0 aliphatic carbocycles. The van der Waals surface area contributed by atoms with Crippen LogP contribution >= 0.6 is 0 Å². The number of nitrogen functional groups attached to an aromatic ring is 1. The second-order valence-corrected chi connectivity index (χ2v) is 4.86. The zero-order valence-corrected chi connectivity index (χ0v) is 11.3. The van der Waals surface area contributed by atoms with Crippen molar-refractivity contribution in [2.75, 3.05) is 5.73 Å². The Bertz CT molecular complexity index is 762. The van der Waals surface area contributed by atoms with Gasteiger partial charge >= 0.3 is 0 Å². The van der Waals surface area contributed by atoms with Crippen molar-refractivity contribution in [3.05, 3.63) is 66.7 Å². The smallest absolute Gasteiger partial charge is 0.115 e. The minimum atomic E-state index is 0.222. The summed E-state index contributed by atoms with van der Waals surface area (Å²) in [7, 11) is 0. The zero-order valence-electron chi connectivity index (χ0n) is 11.3. The van der Waals surface area contributed by atoms with Crippen molar-refractivity contribution >= 4 is 5.69 Å². The molecule has 4 N–H and O–H groups in total. The van der Waals surface area contributed by atoms with Crippen LogP contribution in [0.25, 0.3) is 22.3 Å². The first-order valence-electron chi connectivity index (χ1n) is 6.62. The summed E-state index contributed by atoms with van der Waals surface area (Å²) in [6.45, 7) is 0. The molecule has 0 unspecified atom stereocenters. The first-order valence-corrected chi connectivity index (χ1v) is 6.62. The van der Waals surface area contributed by atoms with Gasteiger partial charge in [0.2, 0.25) is 0 Å². The molecular formula is C18H15NO2. The Balaban J connectivity index is 2.20. The van der Waals surface area contributed by atoms with Crippen LogP contribution in [-0.4, -0.2) is 10.2 Å². The molecule has 0 radical (unpaired) electrons. The normalized spacial score (nSPS) is 10.5. The first kappa shape index (κ1) is 13.1. The Morgan fingerprint density at radius 1 is 0.619 bits per heavy atom. The Labute approximate surface area is 122 Å². The highest BCUT2D eigenvalue weighted by Gasteiger charge is 2.10. The van der Waals surface area contributed by atoms with Gasteiger partial charge in [0, 0.05) is 11.3 Å². The van der Waals surface area contributed by atoms with Crippen molar-refractivity contribution in [3.8, 4) is 33.8 Å². The highest BCUT2D eigenvalue weighted by molar-refractivity contribution is 5.91. The van der Waals surface area contributed by atoms with Crippen LogP contribution in [0.2, 0.25) is 0 Å². The van der Waals surface area contributed by atoms with E-state index in [-0.39, 0.29) is 11.5 Å². The van der Waals surface area contributed by atoms with Gasteiger partial charge in [-0.05, 0) is 47.0 Å². The predicted molar refractivity (Wildman–Crippen MR) is 85.1 cm³/mol. The molecule has 0 spiro atoms. The summed E-state index contributed by atoms with van der Waals surface area (Å²) in [4.78, 5) is 0. The van der Waals surface area contributed by atoms with Crippen LogP contribution in [0.3, 0.4) is 0 Å². The van der Waals surface area contributed by atoms with Crippen molar-refractivity contribution in [3.63, 3.8) is 0 Å². The molecule has 104 valence electrons. The van der Waals surface area contributed by atoms with Crippen LogP contribution in [0.4, 0.5) is 5.69 Å². The van der Waals surface area contributed by atoms with Gasteiger partial charge in [0.1, 0.15) is 11.5 Å². The molecule has 3 aromatic carbocycles. The molecule has 3 rings (SSSR count). The maximum absolute atomic E-state index is 9.43. The molecule has 0 aliphatic heterocycles. The fraction of sp³-hybridized carbons (Fsp3) is 0. The van der Waals surface area contributed by atoms with Gasteiger partial charge in [-0.25, -0.2) is 0 Å². The van der Waals surface area contributed by atoms with Gasteiger partial charge in [-0.1, -0.05) is 36.4 Å². The van der Waals surface area contributed by atoms with E-state index in [1.165, 1.54) is 0 Å². The molecule has 0 fully saturated rings. The number of hydrogen-bond donors (Lipinski definition) is 3. The monoisotopic (exact) mass is 277 g/mol. The molecule has 0 aromatic heterocycles. The molecule has 21 heavy (non-hydrogen) atoms. The van der Waals surface area contributed by atoms with Gasteiger partial charge in [0.25, 0.3) is 0 Å². The van der Waals surface area contributed by atoms with Crippen molar-refractivity contribution < 1.29 is 10.2 Å². The van der Waals surface area contributed by atoms with Gasteiger partial charge in [0.15, 0.2) is 0 Å². The molecule has 0 bridgehead atoms. The quantitative estimate of drug-likeness (QED) is 0.620. The lowest BCUT2D eigenvalue weighted by Gasteiger charge is -2.13. The highest BCUT2D eigenvalue weighted by Crippen LogP contribution is 2.37. The molecule has 0 atom stereocenters. The number of benzene rings is 3. The van der Waals surface area contributed by atoms with E-state index in [1.807, 2.05) is 42.5 Å². The molecule has 0 saturated carbocycles. The number of nitrogens with two attached hydrogens (primary N) is 1. The molecule has 3 heteroatoms. The summed E-state index contributed by atoms with van der Waals surface area (Å²) in [5.74, 6) is 0.452. The summed E-state index contributed by atoms with van der Waals surface area (Å²) in [6, 6.07) is 19.7. The molecular weight excluding hydrogens is 262 g/mol. The standard InChI is InChI=1S/C18H15NO2/c19-17-3-1-2-16(12-4-8-14(20)9-5-12)18(17)13-6-10-15(21)11-7-13/h1-11,20-21H,19H2. The topological polar surface area (TPSA) is 66.5 Å². The van der Waals surface area contributed by atoms with E-state index in [1.54, 1.807) is 24.3 Å². The molecule has 0 heterocycles. The minimum absolute atomic E-state index is 0.222. The molecule has 3 aromatic rings. The predicted octanol–water partition coefficient (Wildman–Crippen LogP) is 4.01. The van der Waals surface area contributed by atoms with Crippen LogP contribution in [0.1, 0.15) is 0 Å². The SMILES string of the molecule is Nc1cccc(-c2ccc(O)cc2)c1-c1ccc(O)cc1. The van der Waals surface area contributed by atoms with E-state index >= 15 is 0 Å². The average molecular weight is 277 g/mol. The van der Waals surface area contributed by atoms with Crippen molar-refractivity contribution in [2.24, 2.45) is 0 Å². The van der Waals surface area contributed by atoms with E-state index in [9.17, 15) is 10.2 Å². The number of phenolic OH excluding ortho intramolecular Hbond substituents is 2. The largest absolute Gasteiger partial charge is 0.508 e. The molecule has 0 amide bonds. The van der Waals surface area contributed by atoms with Crippen molar-refractivity contribution in [1.82, 2.24) is 0 Å². The Morgan fingerprint density at radius 2 is 1.14 bits per heavy atom. The lowest BCUT2D eigenvalue weighted by molar-refractivity contribution is 0.475. The summed E-state index contributed by atoms with van der Waals surface area (Å²) in [5, 5.41) is 18.9. The number of hydrogen-bond acceptors (Lipinski definition) is 3. The molecule has 0 aliphatic rings. The van der Waals surface area contributed by atoms with Crippen LogP contribution < -0.4 is 5.73 Å². The zero-order chi connectivity index (χ0) is 14.8. The third kappa shape index (κ3) is 2.54. The maximum atomic E-state index is 9.43. The summed E-state index contributed by atoms with van der Waals surface area (Å²) >= 11 is 0. The van der Waals surface area contributed by atoms with Gasteiger partial charge < -0.3 is 15.9 Å². The van der Waals surface area contributed by atoms with E-state index in [0.717, 1.165) is 22.3 Å².